The van der Waals surface area contributed by atoms with Crippen LogP contribution in [-0.4, -0.2) is 41.9 Å². The lowest BCUT2D eigenvalue weighted by atomic mass is 10.1. The maximum absolute atomic E-state index is 12.2. The molecule has 108 valence electrons. The molecule has 20 heavy (non-hydrogen) atoms. The molecule has 0 N–H and O–H groups in total. The third kappa shape index (κ3) is 3.67. The van der Waals surface area contributed by atoms with Crippen molar-refractivity contribution in [3.05, 3.63) is 38.9 Å². The summed E-state index contributed by atoms with van der Waals surface area (Å²) in [6.45, 7) is 1.73. The summed E-state index contributed by atoms with van der Waals surface area (Å²) in [6, 6.07) is 3.74. The van der Waals surface area contributed by atoms with Crippen LogP contribution < -0.4 is 0 Å². The van der Waals surface area contributed by atoms with Gasteiger partial charge in [-0.1, -0.05) is 11.6 Å². The molecule has 0 spiro atoms. The Morgan fingerprint density at radius 3 is 2.60 bits per heavy atom. The number of methoxy groups -OCH3 is 1. The average molecular weight is 301 g/mol. The third-order valence-electron chi connectivity index (χ3n) is 2.61. The van der Waals surface area contributed by atoms with Gasteiger partial charge in [-0.2, -0.15) is 0 Å². The van der Waals surface area contributed by atoms with Crippen molar-refractivity contribution >= 4 is 29.2 Å². The van der Waals surface area contributed by atoms with Crippen LogP contribution in [0.3, 0.4) is 0 Å². The minimum Gasteiger partial charge on any atom is -0.468 e. The van der Waals surface area contributed by atoms with Crippen LogP contribution in [0.5, 0.6) is 0 Å². The number of carbonyl (C=O) groups excluding carboxylic acids is 2. The Labute approximate surface area is 120 Å². The Balaban J connectivity index is 3.04. The highest BCUT2D eigenvalue weighted by molar-refractivity contribution is 6.32. The lowest BCUT2D eigenvalue weighted by Crippen LogP contribution is -2.36. The van der Waals surface area contributed by atoms with Gasteiger partial charge < -0.3 is 9.64 Å². The maximum Gasteiger partial charge on any atom is 0.325 e. The first-order valence-corrected chi connectivity index (χ1v) is 6.08. The number of rotatable bonds is 5. The SMILES string of the molecule is CCN(CC(=O)OC)C(=O)c1ccc(Cl)c([N+](=O)[O-])c1. The summed E-state index contributed by atoms with van der Waals surface area (Å²) in [5.74, 6) is -1.07. The zero-order valence-corrected chi connectivity index (χ0v) is 11.7. The molecule has 0 fully saturated rings. The smallest absolute Gasteiger partial charge is 0.325 e. The van der Waals surface area contributed by atoms with Crippen LogP contribution in [0.2, 0.25) is 5.02 Å². The number of hydrogen-bond acceptors (Lipinski definition) is 5. The number of ether oxygens (including phenoxy) is 1. The highest BCUT2D eigenvalue weighted by Gasteiger charge is 2.21. The summed E-state index contributed by atoms with van der Waals surface area (Å²) in [5.41, 5.74) is -0.265. The van der Waals surface area contributed by atoms with E-state index in [1.54, 1.807) is 6.92 Å². The first-order valence-electron chi connectivity index (χ1n) is 5.70. The van der Waals surface area contributed by atoms with Crippen molar-refractivity contribution in [2.75, 3.05) is 20.2 Å². The molecular formula is C12H13ClN2O5. The van der Waals surface area contributed by atoms with Crippen LogP contribution in [0.25, 0.3) is 0 Å². The highest BCUT2D eigenvalue weighted by atomic mass is 35.5. The first-order chi connectivity index (χ1) is 9.40. The number of hydrogen-bond donors (Lipinski definition) is 0. The summed E-state index contributed by atoms with van der Waals surface area (Å²) < 4.78 is 4.49. The average Bonchev–Trinajstić information content (AvgIpc) is 2.43. The van der Waals surface area contributed by atoms with Gasteiger partial charge in [0.2, 0.25) is 0 Å². The summed E-state index contributed by atoms with van der Waals surface area (Å²) >= 11 is 5.68. The van der Waals surface area contributed by atoms with E-state index in [4.69, 9.17) is 11.6 Å². The minimum absolute atomic E-state index is 0.0532. The van der Waals surface area contributed by atoms with E-state index in [-0.39, 0.29) is 29.4 Å². The van der Waals surface area contributed by atoms with Crippen molar-refractivity contribution in [2.45, 2.75) is 6.92 Å². The summed E-state index contributed by atoms with van der Waals surface area (Å²) in [7, 11) is 1.22. The molecule has 0 bridgehead atoms. The molecule has 0 saturated heterocycles. The van der Waals surface area contributed by atoms with E-state index in [2.05, 4.69) is 4.74 Å². The molecule has 0 aromatic heterocycles. The zero-order chi connectivity index (χ0) is 15.3. The number of carbonyl (C=O) groups is 2. The minimum atomic E-state index is -0.671. The lowest BCUT2D eigenvalue weighted by Gasteiger charge is -2.19. The maximum atomic E-state index is 12.2. The standard InChI is InChI=1S/C12H13ClN2O5/c1-3-14(7-11(16)20-2)12(17)8-4-5-9(13)10(6-8)15(18)19/h4-6H,3,7H2,1-2H3. The van der Waals surface area contributed by atoms with Crippen LogP contribution >= 0.6 is 11.6 Å². The van der Waals surface area contributed by atoms with Crippen molar-refractivity contribution < 1.29 is 19.2 Å². The molecule has 7 nitrogen and oxygen atoms in total. The number of nitrogens with zero attached hydrogens (tertiary/aromatic N) is 2. The Morgan fingerprint density at radius 1 is 1.45 bits per heavy atom. The monoisotopic (exact) mass is 300 g/mol. The molecule has 0 atom stereocenters. The molecule has 0 heterocycles. The molecule has 1 amide bonds. The molecular weight excluding hydrogens is 288 g/mol. The van der Waals surface area contributed by atoms with Crippen molar-refractivity contribution in [2.24, 2.45) is 0 Å². The summed E-state index contributed by atoms with van der Waals surface area (Å²) in [5, 5.41) is 10.7. The second kappa shape index (κ2) is 6.85. The van der Waals surface area contributed by atoms with Gasteiger partial charge in [0.25, 0.3) is 11.6 Å². The summed E-state index contributed by atoms with van der Waals surface area (Å²) in [6.07, 6.45) is 0. The topological polar surface area (TPSA) is 89.8 Å². The third-order valence-corrected chi connectivity index (χ3v) is 2.93. The van der Waals surface area contributed by atoms with Crippen LogP contribution in [0.15, 0.2) is 18.2 Å². The van der Waals surface area contributed by atoms with Gasteiger partial charge in [-0.05, 0) is 19.1 Å². The molecule has 0 radical (unpaired) electrons. The number of nitro benzene ring substituents is 1. The fourth-order valence-corrected chi connectivity index (χ4v) is 1.70. The Morgan fingerprint density at radius 2 is 2.10 bits per heavy atom. The largest absolute Gasteiger partial charge is 0.468 e. The van der Waals surface area contributed by atoms with Crippen molar-refractivity contribution in [1.82, 2.24) is 4.90 Å². The van der Waals surface area contributed by atoms with Gasteiger partial charge in [-0.15, -0.1) is 0 Å². The van der Waals surface area contributed by atoms with E-state index in [1.807, 2.05) is 0 Å². The lowest BCUT2D eigenvalue weighted by molar-refractivity contribution is -0.384. The Hall–Kier alpha value is -2.15. The van der Waals surface area contributed by atoms with E-state index in [0.29, 0.717) is 0 Å². The van der Waals surface area contributed by atoms with Crippen LogP contribution in [0, 0.1) is 10.1 Å². The van der Waals surface area contributed by atoms with Gasteiger partial charge in [0.15, 0.2) is 0 Å². The molecule has 8 heteroatoms. The van der Waals surface area contributed by atoms with Gasteiger partial charge in [0, 0.05) is 18.2 Å². The van der Waals surface area contributed by atoms with E-state index in [9.17, 15) is 19.7 Å². The normalized spacial score (nSPS) is 9.95. The molecule has 1 rings (SSSR count). The number of likely N-dealkylation sites (N-methyl/N-ethyl adjacent to an activating group) is 1. The van der Waals surface area contributed by atoms with Gasteiger partial charge in [0.1, 0.15) is 11.6 Å². The van der Waals surface area contributed by atoms with E-state index >= 15 is 0 Å². The Kier molecular flexibility index (Phi) is 5.45. The van der Waals surface area contributed by atoms with Crippen LogP contribution in [0.4, 0.5) is 5.69 Å². The first kappa shape index (κ1) is 15.9. The predicted molar refractivity (Wildman–Crippen MR) is 71.7 cm³/mol. The number of nitro groups is 1. The molecule has 0 aliphatic carbocycles. The van der Waals surface area contributed by atoms with Gasteiger partial charge >= 0.3 is 5.97 Å². The second-order valence-electron chi connectivity index (χ2n) is 3.82. The van der Waals surface area contributed by atoms with E-state index < -0.39 is 16.8 Å². The number of amides is 1. The van der Waals surface area contributed by atoms with Crippen molar-refractivity contribution in [3.8, 4) is 0 Å². The number of halogens is 1. The molecule has 1 aromatic rings. The van der Waals surface area contributed by atoms with Gasteiger partial charge in [-0.25, -0.2) is 0 Å². The van der Waals surface area contributed by atoms with Crippen LogP contribution in [-0.2, 0) is 9.53 Å². The van der Waals surface area contributed by atoms with E-state index in [0.717, 1.165) is 6.07 Å². The van der Waals surface area contributed by atoms with Gasteiger partial charge in [0.05, 0.1) is 12.0 Å². The molecule has 0 saturated carbocycles. The van der Waals surface area contributed by atoms with Crippen LogP contribution in [0.1, 0.15) is 17.3 Å². The molecule has 0 aliphatic rings. The van der Waals surface area contributed by atoms with Crippen molar-refractivity contribution in [1.29, 1.82) is 0 Å². The summed E-state index contributed by atoms with van der Waals surface area (Å²) in [4.78, 5) is 34.7. The van der Waals surface area contributed by atoms with Gasteiger partial charge in [-0.3, -0.25) is 19.7 Å². The quantitative estimate of drug-likeness (QED) is 0.470. The zero-order valence-electron chi connectivity index (χ0n) is 11.0. The second-order valence-corrected chi connectivity index (χ2v) is 4.23. The van der Waals surface area contributed by atoms with E-state index in [1.165, 1.54) is 24.1 Å². The molecule has 0 unspecified atom stereocenters. The number of benzene rings is 1. The number of esters is 1. The van der Waals surface area contributed by atoms with Crippen molar-refractivity contribution in [3.63, 3.8) is 0 Å². The molecule has 1 aromatic carbocycles. The highest BCUT2D eigenvalue weighted by Crippen LogP contribution is 2.25. The Bertz CT molecular complexity index is 547. The fourth-order valence-electron chi connectivity index (χ4n) is 1.52. The molecule has 0 aliphatic heterocycles. The predicted octanol–water partition coefficient (Wildman–Crippen LogP) is 1.88. The fraction of sp³-hybridized carbons (Fsp3) is 0.333.